The fraction of sp³-hybridized carbons (Fsp3) is 0.200. The first-order valence-electron chi connectivity index (χ1n) is 10.0. The molecule has 0 aliphatic rings. The van der Waals surface area contributed by atoms with Gasteiger partial charge in [0.25, 0.3) is 0 Å². The molecule has 0 heterocycles. The van der Waals surface area contributed by atoms with Crippen LogP contribution in [0.25, 0.3) is 0 Å². The number of hydrogen-bond acceptors (Lipinski definition) is 7. The SMILES string of the molecule is COCCOC(=O)c1ccc(OC(=O)c2ccc(OCCOc3ccccc3)cc2)cc1. The topological polar surface area (TPSA) is 80.3 Å². The Labute approximate surface area is 186 Å². The monoisotopic (exact) mass is 436 g/mol. The van der Waals surface area contributed by atoms with Crippen LogP contribution in [0, 0.1) is 0 Å². The minimum atomic E-state index is -0.514. The highest BCUT2D eigenvalue weighted by atomic mass is 16.6. The first kappa shape index (κ1) is 22.8. The molecule has 0 aliphatic heterocycles. The number of methoxy groups -OCH3 is 1. The standard InChI is InChI=1S/C25H24O7/c1-28-15-16-31-24(26)19-9-13-23(14-10-19)32-25(27)20-7-11-22(12-8-20)30-18-17-29-21-5-3-2-4-6-21/h2-14H,15-18H2,1H3. The molecule has 3 aromatic carbocycles. The van der Waals surface area contributed by atoms with Crippen LogP contribution in [-0.4, -0.2) is 45.5 Å². The lowest BCUT2D eigenvalue weighted by atomic mass is 10.2. The highest BCUT2D eigenvalue weighted by Crippen LogP contribution is 2.17. The molecule has 0 bridgehead atoms. The second kappa shape index (κ2) is 12.1. The zero-order chi connectivity index (χ0) is 22.6. The Hall–Kier alpha value is -3.84. The summed E-state index contributed by atoms with van der Waals surface area (Å²) in [6.07, 6.45) is 0. The zero-order valence-electron chi connectivity index (χ0n) is 17.7. The van der Waals surface area contributed by atoms with E-state index in [1.165, 1.54) is 31.4 Å². The van der Waals surface area contributed by atoms with Gasteiger partial charge >= 0.3 is 11.9 Å². The van der Waals surface area contributed by atoms with Gasteiger partial charge in [-0.25, -0.2) is 9.59 Å². The molecule has 0 aliphatic carbocycles. The maximum absolute atomic E-state index is 12.3. The van der Waals surface area contributed by atoms with E-state index in [9.17, 15) is 9.59 Å². The number of para-hydroxylation sites is 1. The zero-order valence-corrected chi connectivity index (χ0v) is 17.7. The van der Waals surface area contributed by atoms with Crippen LogP contribution in [0.5, 0.6) is 17.2 Å². The van der Waals surface area contributed by atoms with Gasteiger partial charge in [0.1, 0.15) is 37.1 Å². The van der Waals surface area contributed by atoms with Crippen LogP contribution in [0.3, 0.4) is 0 Å². The largest absolute Gasteiger partial charge is 0.490 e. The maximum atomic E-state index is 12.3. The molecular weight excluding hydrogens is 412 g/mol. The molecule has 0 fully saturated rings. The lowest BCUT2D eigenvalue weighted by Crippen LogP contribution is -2.11. The highest BCUT2D eigenvalue weighted by molar-refractivity contribution is 5.92. The third-order valence-corrected chi connectivity index (χ3v) is 4.28. The molecule has 0 radical (unpaired) electrons. The van der Waals surface area contributed by atoms with Gasteiger partial charge in [-0.1, -0.05) is 18.2 Å². The lowest BCUT2D eigenvalue weighted by Gasteiger charge is -2.09. The van der Waals surface area contributed by atoms with E-state index in [1.54, 1.807) is 24.3 Å². The van der Waals surface area contributed by atoms with Crippen LogP contribution in [0.1, 0.15) is 20.7 Å². The summed E-state index contributed by atoms with van der Waals surface area (Å²) in [7, 11) is 1.53. The number of benzene rings is 3. The molecule has 32 heavy (non-hydrogen) atoms. The summed E-state index contributed by atoms with van der Waals surface area (Å²) in [4.78, 5) is 24.2. The van der Waals surface area contributed by atoms with Crippen molar-refractivity contribution in [1.29, 1.82) is 0 Å². The molecule has 0 unspecified atom stereocenters. The van der Waals surface area contributed by atoms with E-state index in [0.29, 0.717) is 42.4 Å². The van der Waals surface area contributed by atoms with Crippen molar-refractivity contribution in [1.82, 2.24) is 0 Å². The van der Waals surface area contributed by atoms with E-state index in [2.05, 4.69) is 0 Å². The molecule has 166 valence electrons. The Kier molecular flexibility index (Phi) is 8.65. The predicted molar refractivity (Wildman–Crippen MR) is 117 cm³/mol. The summed E-state index contributed by atoms with van der Waals surface area (Å²) in [5.41, 5.74) is 0.736. The van der Waals surface area contributed by atoms with Crippen molar-refractivity contribution in [2.45, 2.75) is 0 Å². The quantitative estimate of drug-likeness (QED) is 0.254. The van der Waals surface area contributed by atoms with Gasteiger partial charge < -0.3 is 23.7 Å². The fourth-order valence-corrected chi connectivity index (χ4v) is 2.65. The Morgan fingerprint density at radius 2 is 1.12 bits per heavy atom. The van der Waals surface area contributed by atoms with Crippen molar-refractivity contribution in [3.63, 3.8) is 0 Å². The molecule has 0 N–H and O–H groups in total. The van der Waals surface area contributed by atoms with Gasteiger partial charge in [0.15, 0.2) is 0 Å². The molecule has 3 rings (SSSR count). The molecule has 0 atom stereocenters. The Morgan fingerprint density at radius 1 is 0.594 bits per heavy atom. The maximum Gasteiger partial charge on any atom is 0.343 e. The molecule has 0 saturated heterocycles. The highest BCUT2D eigenvalue weighted by Gasteiger charge is 2.11. The summed E-state index contributed by atoms with van der Waals surface area (Å²) in [5, 5.41) is 0. The number of ether oxygens (including phenoxy) is 5. The van der Waals surface area contributed by atoms with Crippen LogP contribution in [0.15, 0.2) is 78.9 Å². The minimum absolute atomic E-state index is 0.172. The van der Waals surface area contributed by atoms with Crippen molar-refractivity contribution < 1.29 is 33.3 Å². The van der Waals surface area contributed by atoms with E-state index in [4.69, 9.17) is 23.7 Å². The first-order chi connectivity index (χ1) is 15.7. The summed E-state index contributed by atoms with van der Waals surface area (Å²) in [6, 6.07) is 22.3. The molecule has 0 amide bonds. The smallest absolute Gasteiger partial charge is 0.343 e. The molecular formula is C25H24O7. The third kappa shape index (κ3) is 7.14. The molecule has 0 aromatic heterocycles. The number of carbonyl (C=O) groups excluding carboxylic acids is 2. The van der Waals surface area contributed by atoms with Crippen molar-refractivity contribution in [3.05, 3.63) is 90.0 Å². The van der Waals surface area contributed by atoms with Crippen LogP contribution >= 0.6 is 0 Å². The molecule has 0 spiro atoms. The average Bonchev–Trinajstić information content (AvgIpc) is 2.83. The summed E-state index contributed by atoms with van der Waals surface area (Å²) in [6.45, 7) is 1.28. The van der Waals surface area contributed by atoms with Crippen LogP contribution in [0.2, 0.25) is 0 Å². The Morgan fingerprint density at radius 3 is 1.72 bits per heavy atom. The second-order valence-electron chi connectivity index (χ2n) is 6.58. The number of esters is 2. The minimum Gasteiger partial charge on any atom is -0.490 e. The fourth-order valence-electron chi connectivity index (χ4n) is 2.65. The molecule has 3 aromatic rings. The van der Waals surface area contributed by atoms with Gasteiger partial charge in [-0.3, -0.25) is 0 Å². The van der Waals surface area contributed by atoms with Crippen LogP contribution in [-0.2, 0) is 9.47 Å². The molecule has 7 heteroatoms. The summed E-state index contributed by atoms with van der Waals surface area (Å²) < 4.78 is 26.4. The number of hydrogen-bond donors (Lipinski definition) is 0. The van der Waals surface area contributed by atoms with E-state index >= 15 is 0 Å². The van der Waals surface area contributed by atoms with Gasteiger partial charge in [-0.2, -0.15) is 0 Å². The van der Waals surface area contributed by atoms with Crippen LogP contribution in [0.4, 0.5) is 0 Å². The predicted octanol–water partition coefficient (Wildman–Crippen LogP) is 4.17. The number of rotatable bonds is 11. The van der Waals surface area contributed by atoms with Crippen LogP contribution < -0.4 is 14.2 Å². The van der Waals surface area contributed by atoms with Gasteiger partial charge in [-0.15, -0.1) is 0 Å². The Balaban J connectivity index is 1.44. The van der Waals surface area contributed by atoms with Crippen molar-refractivity contribution in [2.24, 2.45) is 0 Å². The Bertz CT molecular complexity index is 983. The summed E-state index contributed by atoms with van der Waals surface area (Å²) >= 11 is 0. The van der Waals surface area contributed by atoms with E-state index in [0.717, 1.165) is 5.75 Å². The van der Waals surface area contributed by atoms with E-state index in [-0.39, 0.29) is 6.61 Å². The first-order valence-corrected chi connectivity index (χ1v) is 10.0. The van der Waals surface area contributed by atoms with E-state index < -0.39 is 11.9 Å². The second-order valence-corrected chi connectivity index (χ2v) is 6.58. The van der Waals surface area contributed by atoms with Gasteiger partial charge in [-0.05, 0) is 60.7 Å². The van der Waals surface area contributed by atoms with Gasteiger partial charge in [0.2, 0.25) is 0 Å². The number of carbonyl (C=O) groups is 2. The van der Waals surface area contributed by atoms with Gasteiger partial charge in [0.05, 0.1) is 17.7 Å². The third-order valence-electron chi connectivity index (χ3n) is 4.28. The van der Waals surface area contributed by atoms with E-state index in [1.807, 2.05) is 30.3 Å². The summed E-state index contributed by atoms with van der Waals surface area (Å²) in [5.74, 6) is 0.741. The average molecular weight is 436 g/mol. The molecule has 7 nitrogen and oxygen atoms in total. The van der Waals surface area contributed by atoms with Gasteiger partial charge in [0, 0.05) is 7.11 Å². The molecule has 0 saturated carbocycles. The van der Waals surface area contributed by atoms with Crippen molar-refractivity contribution >= 4 is 11.9 Å². The van der Waals surface area contributed by atoms with Crippen molar-refractivity contribution in [2.75, 3.05) is 33.5 Å². The normalized spacial score (nSPS) is 10.3. The van der Waals surface area contributed by atoms with Crippen molar-refractivity contribution in [3.8, 4) is 17.2 Å². The lowest BCUT2D eigenvalue weighted by molar-refractivity contribution is 0.0388.